The number of nitriles is 1. The lowest BCUT2D eigenvalue weighted by Gasteiger charge is -2.28. The maximum absolute atomic E-state index is 13.4. The van der Waals surface area contributed by atoms with Gasteiger partial charge >= 0.3 is 0 Å². The lowest BCUT2D eigenvalue weighted by Crippen LogP contribution is -2.34. The summed E-state index contributed by atoms with van der Waals surface area (Å²) in [5.41, 5.74) is 1.16. The highest BCUT2D eigenvalue weighted by atomic mass is 19.1. The predicted molar refractivity (Wildman–Crippen MR) is 70.0 cm³/mol. The molecule has 1 aromatic rings. The minimum atomic E-state index is -0.346. The van der Waals surface area contributed by atoms with Gasteiger partial charge in [0, 0.05) is 19.3 Å². The van der Waals surface area contributed by atoms with E-state index in [0.717, 1.165) is 38.2 Å². The Balaban J connectivity index is 2.05. The Kier molecular flexibility index (Phi) is 4.16. The number of hydrogen-bond acceptors (Lipinski definition) is 3. The summed E-state index contributed by atoms with van der Waals surface area (Å²) in [7, 11) is 1.96. The molecule has 1 fully saturated rings. The van der Waals surface area contributed by atoms with E-state index < -0.39 is 0 Å². The largest absolute Gasteiger partial charge is 0.374 e. The van der Waals surface area contributed by atoms with Gasteiger partial charge < -0.3 is 10.2 Å². The smallest absolute Gasteiger partial charge is 0.126 e. The van der Waals surface area contributed by atoms with Crippen LogP contribution in [0.3, 0.4) is 0 Å². The van der Waals surface area contributed by atoms with E-state index in [1.807, 2.05) is 18.0 Å². The molecule has 1 N–H and O–H groups in total. The molecule has 0 spiro atoms. The van der Waals surface area contributed by atoms with E-state index in [1.54, 1.807) is 6.07 Å². The van der Waals surface area contributed by atoms with E-state index in [0.29, 0.717) is 11.5 Å². The first-order chi connectivity index (χ1) is 8.69. The molecule has 96 valence electrons. The van der Waals surface area contributed by atoms with Crippen LogP contribution in [0.2, 0.25) is 0 Å². The molecule has 0 unspecified atom stereocenters. The number of anilines is 1. The van der Waals surface area contributed by atoms with Crippen molar-refractivity contribution in [1.82, 2.24) is 5.32 Å². The third-order valence-electron chi connectivity index (χ3n) is 3.44. The molecule has 0 atom stereocenters. The average molecular weight is 247 g/mol. The monoisotopic (exact) mass is 247 g/mol. The van der Waals surface area contributed by atoms with Gasteiger partial charge in [-0.15, -0.1) is 0 Å². The van der Waals surface area contributed by atoms with Gasteiger partial charge in [0.1, 0.15) is 5.82 Å². The van der Waals surface area contributed by atoms with Crippen molar-refractivity contribution in [3.63, 3.8) is 0 Å². The van der Waals surface area contributed by atoms with Crippen LogP contribution in [0.1, 0.15) is 18.4 Å². The Morgan fingerprint density at radius 2 is 2.11 bits per heavy atom. The van der Waals surface area contributed by atoms with E-state index in [2.05, 4.69) is 5.32 Å². The van der Waals surface area contributed by atoms with Crippen molar-refractivity contribution in [2.75, 3.05) is 31.6 Å². The van der Waals surface area contributed by atoms with Gasteiger partial charge in [-0.1, -0.05) is 0 Å². The molecular weight excluding hydrogens is 229 g/mol. The normalized spacial score (nSPS) is 16.3. The summed E-state index contributed by atoms with van der Waals surface area (Å²) in [5.74, 6) is 0.297. The van der Waals surface area contributed by atoms with Crippen LogP contribution >= 0.6 is 0 Å². The lowest BCUT2D eigenvalue weighted by atomic mass is 9.97. The SMILES string of the molecule is CN(CC1CCNCC1)c1cc(F)cc(C#N)c1. The third kappa shape index (κ3) is 3.21. The zero-order chi connectivity index (χ0) is 13.0. The Morgan fingerprint density at radius 3 is 2.78 bits per heavy atom. The molecular formula is C14H18FN3. The molecule has 3 nitrogen and oxygen atoms in total. The molecule has 4 heteroatoms. The molecule has 0 amide bonds. The van der Waals surface area contributed by atoms with Gasteiger partial charge in [-0.3, -0.25) is 0 Å². The number of piperidine rings is 1. The average Bonchev–Trinajstić information content (AvgIpc) is 2.39. The minimum absolute atomic E-state index is 0.346. The summed E-state index contributed by atoms with van der Waals surface area (Å²) in [5, 5.41) is 12.2. The highest BCUT2D eigenvalue weighted by molar-refractivity contribution is 5.51. The number of nitrogens with one attached hydrogen (secondary N) is 1. The Labute approximate surface area is 107 Å². The Bertz CT molecular complexity index is 447. The van der Waals surface area contributed by atoms with Crippen molar-refractivity contribution in [2.24, 2.45) is 5.92 Å². The highest BCUT2D eigenvalue weighted by Crippen LogP contribution is 2.20. The minimum Gasteiger partial charge on any atom is -0.374 e. The quantitative estimate of drug-likeness (QED) is 0.889. The van der Waals surface area contributed by atoms with Crippen molar-refractivity contribution < 1.29 is 4.39 Å². The molecule has 2 rings (SSSR count). The van der Waals surface area contributed by atoms with Crippen molar-refractivity contribution in [3.05, 3.63) is 29.6 Å². The van der Waals surface area contributed by atoms with Crippen molar-refractivity contribution in [3.8, 4) is 6.07 Å². The van der Waals surface area contributed by atoms with Crippen LogP contribution in [0.15, 0.2) is 18.2 Å². The van der Waals surface area contributed by atoms with Crippen LogP contribution in [0.5, 0.6) is 0 Å². The molecule has 0 aromatic heterocycles. The summed E-state index contributed by atoms with van der Waals surface area (Å²) in [6.45, 7) is 3.03. The highest BCUT2D eigenvalue weighted by Gasteiger charge is 2.15. The molecule has 0 saturated carbocycles. The van der Waals surface area contributed by atoms with Crippen LogP contribution in [0.4, 0.5) is 10.1 Å². The topological polar surface area (TPSA) is 39.1 Å². The second-order valence-electron chi connectivity index (χ2n) is 4.88. The second-order valence-corrected chi connectivity index (χ2v) is 4.88. The summed E-state index contributed by atoms with van der Waals surface area (Å²) >= 11 is 0. The first kappa shape index (κ1) is 12.8. The summed E-state index contributed by atoms with van der Waals surface area (Å²) in [6.07, 6.45) is 2.32. The number of nitrogens with zero attached hydrogens (tertiary/aromatic N) is 2. The van der Waals surface area contributed by atoms with Crippen molar-refractivity contribution in [1.29, 1.82) is 5.26 Å². The molecule has 1 aromatic carbocycles. The number of halogens is 1. The maximum atomic E-state index is 13.4. The molecule has 1 saturated heterocycles. The van der Waals surface area contributed by atoms with Gasteiger partial charge in [0.15, 0.2) is 0 Å². The molecule has 18 heavy (non-hydrogen) atoms. The lowest BCUT2D eigenvalue weighted by molar-refractivity contribution is 0.378. The van der Waals surface area contributed by atoms with Crippen LogP contribution in [0, 0.1) is 23.1 Å². The maximum Gasteiger partial charge on any atom is 0.126 e. The Hall–Kier alpha value is -1.60. The summed E-state index contributed by atoms with van der Waals surface area (Å²) in [6, 6.07) is 6.48. The van der Waals surface area contributed by atoms with Crippen molar-refractivity contribution in [2.45, 2.75) is 12.8 Å². The van der Waals surface area contributed by atoms with E-state index in [9.17, 15) is 4.39 Å². The van der Waals surface area contributed by atoms with Crippen LogP contribution in [-0.2, 0) is 0 Å². The fourth-order valence-corrected chi connectivity index (χ4v) is 2.42. The van der Waals surface area contributed by atoms with Gasteiger partial charge in [-0.2, -0.15) is 5.26 Å². The number of hydrogen-bond donors (Lipinski definition) is 1. The van der Waals surface area contributed by atoms with Gasteiger partial charge in [-0.25, -0.2) is 4.39 Å². The van der Waals surface area contributed by atoms with Gasteiger partial charge in [0.05, 0.1) is 11.6 Å². The summed E-state index contributed by atoms with van der Waals surface area (Å²) < 4.78 is 13.4. The van der Waals surface area contributed by atoms with Crippen LogP contribution in [-0.4, -0.2) is 26.7 Å². The zero-order valence-electron chi connectivity index (χ0n) is 10.6. The van der Waals surface area contributed by atoms with E-state index >= 15 is 0 Å². The van der Waals surface area contributed by atoms with Gasteiger partial charge in [0.25, 0.3) is 0 Å². The number of benzene rings is 1. The zero-order valence-corrected chi connectivity index (χ0v) is 10.6. The van der Waals surface area contributed by atoms with E-state index in [4.69, 9.17) is 5.26 Å². The van der Waals surface area contributed by atoms with Crippen molar-refractivity contribution >= 4 is 5.69 Å². The van der Waals surface area contributed by atoms with E-state index in [-0.39, 0.29) is 5.82 Å². The first-order valence-electron chi connectivity index (χ1n) is 6.31. The molecule has 0 aliphatic carbocycles. The standard InChI is InChI=1S/C14H18FN3/c1-18(10-11-2-4-17-5-3-11)14-7-12(9-16)6-13(15)8-14/h6-8,11,17H,2-5,10H2,1H3. The van der Waals surface area contributed by atoms with E-state index in [1.165, 1.54) is 12.1 Å². The molecule has 1 aliphatic rings. The first-order valence-corrected chi connectivity index (χ1v) is 6.31. The fraction of sp³-hybridized carbons (Fsp3) is 0.500. The fourth-order valence-electron chi connectivity index (χ4n) is 2.42. The molecule has 1 aliphatic heterocycles. The molecule has 0 bridgehead atoms. The van der Waals surface area contributed by atoms with Crippen LogP contribution < -0.4 is 10.2 Å². The predicted octanol–water partition coefficient (Wildman–Crippen LogP) is 2.13. The number of rotatable bonds is 3. The third-order valence-corrected chi connectivity index (χ3v) is 3.44. The molecule has 0 radical (unpaired) electrons. The summed E-state index contributed by atoms with van der Waals surface area (Å²) in [4.78, 5) is 2.04. The molecule has 1 heterocycles. The second kappa shape index (κ2) is 5.83. The van der Waals surface area contributed by atoms with Gasteiger partial charge in [-0.05, 0) is 50.0 Å². The van der Waals surface area contributed by atoms with Crippen LogP contribution in [0.25, 0.3) is 0 Å². The van der Waals surface area contributed by atoms with Gasteiger partial charge in [0.2, 0.25) is 0 Å². The Morgan fingerprint density at radius 1 is 1.39 bits per heavy atom.